The standard InChI is InChI=1S/C18H35N2/c1-3-4-5-6-7-8-9-10-11-12-13-14-17-20-18-15-16-19(20)2/h15-16,18H,3-14,17H2,1-2H3/q+1. The Kier molecular flexibility index (Phi) is 10.3. The second-order valence-electron chi connectivity index (χ2n) is 6.12. The first-order valence-corrected chi connectivity index (χ1v) is 8.85. The Hall–Kier alpha value is -0.790. The van der Waals surface area contributed by atoms with E-state index in [1.54, 1.807) is 0 Å². The van der Waals surface area contributed by atoms with Gasteiger partial charge >= 0.3 is 0 Å². The molecule has 0 saturated heterocycles. The average Bonchev–Trinajstić information content (AvgIpc) is 2.85. The zero-order chi connectivity index (χ0) is 14.5. The molecule has 0 fully saturated rings. The van der Waals surface area contributed by atoms with Crippen LogP contribution in [0, 0.1) is 0 Å². The summed E-state index contributed by atoms with van der Waals surface area (Å²) in [6, 6.07) is 2.11. The Morgan fingerprint density at radius 3 is 1.70 bits per heavy atom. The number of aryl methyl sites for hydroxylation is 2. The molecular weight excluding hydrogens is 244 g/mol. The number of hydrogen-bond acceptors (Lipinski definition) is 0. The summed E-state index contributed by atoms with van der Waals surface area (Å²) in [6.07, 6.45) is 21.4. The molecule has 116 valence electrons. The van der Waals surface area contributed by atoms with Gasteiger partial charge in [0, 0.05) is 6.07 Å². The van der Waals surface area contributed by atoms with E-state index < -0.39 is 0 Å². The van der Waals surface area contributed by atoms with Crippen LogP contribution in [0.2, 0.25) is 0 Å². The van der Waals surface area contributed by atoms with E-state index in [9.17, 15) is 0 Å². The lowest BCUT2D eigenvalue weighted by molar-refractivity contribution is -0.753. The van der Waals surface area contributed by atoms with Crippen molar-refractivity contribution in [3.8, 4) is 0 Å². The minimum atomic E-state index is 1.17. The van der Waals surface area contributed by atoms with Crippen LogP contribution >= 0.6 is 0 Å². The first-order chi connectivity index (χ1) is 9.84. The first-order valence-electron chi connectivity index (χ1n) is 8.85. The van der Waals surface area contributed by atoms with Crippen LogP contribution in [0.3, 0.4) is 0 Å². The third-order valence-corrected chi connectivity index (χ3v) is 4.21. The van der Waals surface area contributed by atoms with Crippen LogP contribution in [0.1, 0.15) is 84.0 Å². The van der Waals surface area contributed by atoms with E-state index in [0.717, 1.165) is 0 Å². The smallest absolute Gasteiger partial charge is 0.161 e. The highest BCUT2D eigenvalue weighted by atomic mass is 15.4. The fourth-order valence-electron chi connectivity index (χ4n) is 2.80. The highest BCUT2D eigenvalue weighted by Crippen LogP contribution is 2.12. The average molecular weight is 279 g/mol. The molecule has 20 heavy (non-hydrogen) atoms. The summed E-state index contributed by atoms with van der Waals surface area (Å²) in [6.45, 7) is 3.46. The lowest BCUT2D eigenvalue weighted by Crippen LogP contribution is -2.37. The second-order valence-corrected chi connectivity index (χ2v) is 6.12. The van der Waals surface area contributed by atoms with Gasteiger partial charge in [-0.1, -0.05) is 77.6 Å². The summed E-state index contributed by atoms with van der Waals surface area (Å²) >= 11 is 0. The van der Waals surface area contributed by atoms with Gasteiger partial charge in [0.05, 0.1) is 12.7 Å². The normalized spacial score (nSPS) is 11.1. The van der Waals surface area contributed by atoms with Gasteiger partial charge in [0.15, 0.2) is 13.2 Å². The first kappa shape index (κ1) is 17.3. The maximum Gasteiger partial charge on any atom is 0.195 e. The van der Waals surface area contributed by atoms with Gasteiger partial charge in [-0.3, -0.25) is 0 Å². The van der Waals surface area contributed by atoms with Crippen molar-refractivity contribution < 1.29 is 4.68 Å². The van der Waals surface area contributed by atoms with E-state index >= 15 is 0 Å². The summed E-state index contributed by atoms with van der Waals surface area (Å²) in [5.74, 6) is 0. The molecule has 0 aliphatic carbocycles. The molecule has 0 unspecified atom stereocenters. The lowest BCUT2D eigenvalue weighted by Gasteiger charge is -2.03. The fourth-order valence-corrected chi connectivity index (χ4v) is 2.80. The van der Waals surface area contributed by atoms with E-state index in [-0.39, 0.29) is 0 Å². The predicted octanol–water partition coefficient (Wildman–Crippen LogP) is 5.01. The number of aromatic nitrogens is 2. The van der Waals surface area contributed by atoms with Gasteiger partial charge in [0.25, 0.3) is 0 Å². The fraction of sp³-hybridized carbons (Fsp3) is 0.833. The van der Waals surface area contributed by atoms with Crippen LogP contribution in [0.25, 0.3) is 0 Å². The van der Waals surface area contributed by atoms with Crippen molar-refractivity contribution >= 4 is 0 Å². The van der Waals surface area contributed by atoms with Crippen molar-refractivity contribution in [1.29, 1.82) is 0 Å². The quantitative estimate of drug-likeness (QED) is 0.354. The van der Waals surface area contributed by atoms with Crippen LogP contribution in [-0.2, 0) is 13.6 Å². The molecule has 0 aliphatic heterocycles. The topological polar surface area (TPSA) is 8.81 Å². The minimum absolute atomic E-state index is 1.17. The molecule has 0 N–H and O–H groups in total. The zero-order valence-corrected chi connectivity index (χ0v) is 13.8. The Bertz CT molecular complexity index is 317. The molecule has 1 rings (SSSR count). The Balaban J connectivity index is 1.78. The van der Waals surface area contributed by atoms with Gasteiger partial charge < -0.3 is 0 Å². The Morgan fingerprint density at radius 1 is 0.750 bits per heavy atom. The van der Waals surface area contributed by atoms with Crippen LogP contribution in [0.5, 0.6) is 0 Å². The van der Waals surface area contributed by atoms with Crippen molar-refractivity contribution in [3.63, 3.8) is 0 Å². The molecule has 0 atom stereocenters. The van der Waals surface area contributed by atoms with Crippen molar-refractivity contribution in [2.75, 3.05) is 0 Å². The van der Waals surface area contributed by atoms with Crippen LogP contribution in [0.15, 0.2) is 18.5 Å². The number of hydrogen-bond donors (Lipinski definition) is 0. The second kappa shape index (κ2) is 12.0. The van der Waals surface area contributed by atoms with Crippen LogP contribution in [-0.4, -0.2) is 4.68 Å². The van der Waals surface area contributed by atoms with Crippen molar-refractivity contribution in [2.24, 2.45) is 7.05 Å². The number of unbranched alkanes of at least 4 members (excludes halogenated alkanes) is 11. The third-order valence-electron chi connectivity index (χ3n) is 4.21. The highest BCUT2D eigenvalue weighted by molar-refractivity contribution is 4.71. The molecule has 1 heterocycles. The molecule has 0 amide bonds. The number of rotatable bonds is 13. The van der Waals surface area contributed by atoms with E-state index in [1.807, 2.05) is 0 Å². The zero-order valence-electron chi connectivity index (χ0n) is 13.8. The van der Waals surface area contributed by atoms with Gasteiger partial charge in [-0.25, -0.2) is 0 Å². The predicted molar refractivity (Wildman–Crippen MR) is 86.7 cm³/mol. The molecule has 0 bridgehead atoms. The molecule has 2 nitrogen and oxygen atoms in total. The van der Waals surface area contributed by atoms with Gasteiger partial charge in [-0.15, -0.1) is 4.68 Å². The summed E-state index contributed by atoms with van der Waals surface area (Å²) in [7, 11) is 2.11. The molecule has 1 aromatic heterocycles. The van der Waals surface area contributed by atoms with Crippen LogP contribution in [0.4, 0.5) is 0 Å². The van der Waals surface area contributed by atoms with E-state index in [1.165, 1.54) is 83.6 Å². The SMILES string of the molecule is CCCCCCCCCCCCCCn1ccc[n+]1C. The molecule has 1 aromatic rings. The van der Waals surface area contributed by atoms with Crippen molar-refractivity contribution in [1.82, 2.24) is 4.68 Å². The summed E-state index contributed by atoms with van der Waals surface area (Å²) in [5, 5.41) is 0. The van der Waals surface area contributed by atoms with Gasteiger partial charge in [-0.05, 0) is 6.42 Å². The Labute approximate surface area is 126 Å². The highest BCUT2D eigenvalue weighted by Gasteiger charge is 2.00. The van der Waals surface area contributed by atoms with E-state index in [2.05, 4.69) is 41.8 Å². The van der Waals surface area contributed by atoms with Crippen molar-refractivity contribution in [3.05, 3.63) is 18.5 Å². The van der Waals surface area contributed by atoms with E-state index in [0.29, 0.717) is 0 Å². The molecule has 0 aliphatic rings. The van der Waals surface area contributed by atoms with Gasteiger partial charge in [0.1, 0.15) is 0 Å². The molecule has 0 aromatic carbocycles. The maximum atomic E-state index is 2.29. The monoisotopic (exact) mass is 279 g/mol. The molecule has 0 radical (unpaired) electrons. The molecule has 0 saturated carbocycles. The minimum Gasteiger partial charge on any atom is -0.161 e. The van der Waals surface area contributed by atoms with Crippen LogP contribution < -0.4 is 4.68 Å². The largest absolute Gasteiger partial charge is 0.195 e. The summed E-state index contributed by atoms with van der Waals surface area (Å²) in [4.78, 5) is 0. The molecule has 0 spiro atoms. The van der Waals surface area contributed by atoms with E-state index in [4.69, 9.17) is 0 Å². The lowest BCUT2D eigenvalue weighted by atomic mass is 10.1. The maximum absolute atomic E-state index is 2.29. The molecular formula is C18H35N2+. The van der Waals surface area contributed by atoms with Gasteiger partial charge in [-0.2, -0.15) is 4.68 Å². The summed E-state index contributed by atoms with van der Waals surface area (Å²) < 4.78 is 4.45. The van der Waals surface area contributed by atoms with Gasteiger partial charge in [0.2, 0.25) is 0 Å². The summed E-state index contributed by atoms with van der Waals surface area (Å²) in [5.41, 5.74) is 0. The third kappa shape index (κ3) is 8.39. The van der Waals surface area contributed by atoms with Crippen molar-refractivity contribution in [2.45, 2.75) is 90.5 Å². The molecule has 2 heteroatoms. The Morgan fingerprint density at radius 2 is 1.25 bits per heavy atom. The number of nitrogens with zero attached hydrogens (tertiary/aromatic N) is 2.